The molecule has 2 heterocycles. The van der Waals surface area contributed by atoms with Crippen LogP contribution in [0.5, 0.6) is 0 Å². The third-order valence-corrected chi connectivity index (χ3v) is 4.81. The molecule has 7 heteroatoms. The first-order valence-electron chi connectivity index (χ1n) is 7.74. The summed E-state index contributed by atoms with van der Waals surface area (Å²) in [6, 6.07) is 0. The first-order valence-corrected chi connectivity index (χ1v) is 8.62. The standard InChI is InChI=1S/C16H24N2O4S/c1-11-9-23-12(17-11)8-16(13(19)20)6-5-7-18(10-16)14(21)22-15(2,3)4/h9H,5-8,10H2,1-4H3,(H,19,20). The lowest BCUT2D eigenvalue weighted by molar-refractivity contribution is -0.152. The SMILES string of the molecule is Cc1csc(CC2(C(=O)O)CCCN(C(=O)OC(C)(C)C)C2)n1. The fourth-order valence-electron chi connectivity index (χ4n) is 2.78. The van der Waals surface area contributed by atoms with Crippen molar-refractivity contribution in [3.05, 3.63) is 16.1 Å². The maximum Gasteiger partial charge on any atom is 0.410 e. The van der Waals surface area contributed by atoms with E-state index in [-0.39, 0.29) is 6.54 Å². The van der Waals surface area contributed by atoms with Crippen LogP contribution in [0.2, 0.25) is 0 Å². The second-order valence-electron chi connectivity index (χ2n) is 7.15. The molecule has 0 bridgehead atoms. The Morgan fingerprint density at radius 3 is 2.70 bits per heavy atom. The quantitative estimate of drug-likeness (QED) is 0.914. The zero-order chi connectivity index (χ0) is 17.3. The minimum atomic E-state index is -0.987. The van der Waals surface area contributed by atoms with Gasteiger partial charge >= 0.3 is 12.1 Å². The number of aliphatic carboxylic acids is 1. The van der Waals surface area contributed by atoms with Gasteiger partial charge in [0.05, 0.1) is 10.4 Å². The molecule has 1 fully saturated rings. The van der Waals surface area contributed by atoms with E-state index in [0.29, 0.717) is 25.8 Å². The Balaban J connectivity index is 2.16. The molecular formula is C16H24N2O4S. The maximum absolute atomic E-state index is 12.3. The number of aryl methyl sites for hydroxylation is 1. The lowest BCUT2D eigenvalue weighted by atomic mass is 9.77. The van der Waals surface area contributed by atoms with Crippen LogP contribution in [-0.2, 0) is 16.0 Å². The number of ether oxygens (including phenoxy) is 1. The van der Waals surface area contributed by atoms with Crippen LogP contribution in [0, 0.1) is 12.3 Å². The molecule has 0 spiro atoms. The molecule has 1 amide bonds. The van der Waals surface area contributed by atoms with Gasteiger partial charge in [-0.15, -0.1) is 11.3 Å². The Bertz CT molecular complexity index is 593. The van der Waals surface area contributed by atoms with Gasteiger partial charge in [0.15, 0.2) is 0 Å². The highest BCUT2D eigenvalue weighted by Crippen LogP contribution is 2.35. The van der Waals surface area contributed by atoms with Crippen LogP contribution in [-0.4, -0.2) is 45.7 Å². The van der Waals surface area contributed by atoms with Crippen molar-refractivity contribution >= 4 is 23.4 Å². The fourth-order valence-corrected chi connectivity index (χ4v) is 3.70. The number of piperidine rings is 1. The number of rotatable bonds is 3. The third-order valence-electron chi connectivity index (χ3n) is 3.84. The molecule has 128 valence electrons. The van der Waals surface area contributed by atoms with Crippen LogP contribution >= 0.6 is 11.3 Å². The predicted octanol–water partition coefficient (Wildman–Crippen LogP) is 3.10. The van der Waals surface area contributed by atoms with Gasteiger partial charge in [0.2, 0.25) is 0 Å². The van der Waals surface area contributed by atoms with Gasteiger partial charge in [-0.2, -0.15) is 0 Å². The Morgan fingerprint density at radius 1 is 1.48 bits per heavy atom. The van der Waals surface area contributed by atoms with E-state index in [1.807, 2.05) is 12.3 Å². The second-order valence-corrected chi connectivity index (χ2v) is 8.09. The zero-order valence-electron chi connectivity index (χ0n) is 14.1. The number of nitrogens with zero attached hydrogens (tertiary/aromatic N) is 2. The number of likely N-dealkylation sites (tertiary alicyclic amines) is 1. The summed E-state index contributed by atoms with van der Waals surface area (Å²) in [5.74, 6) is -0.876. The van der Waals surface area contributed by atoms with Gasteiger partial charge in [-0.3, -0.25) is 4.79 Å². The first-order chi connectivity index (χ1) is 10.6. The molecule has 2 rings (SSSR count). The topological polar surface area (TPSA) is 79.7 Å². The largest absolute Gasteiger partial charge is 0.481 e. The molecule has 1 unspecified atom stereocenters. The zero-order valence-corrected chi connectivity index (χ0v) is 14.9. The van der Waals surface area contributed by atoms with Crippen molar-refractivity contribution in [2.24, 2.45) is 5.41 Å². The highest BCUT2D eigenvalue weighted by Gasteiger charge is 2.45. The molecule has 23 heavy (non-hydrogen) atoms. The number of carbonyl (C=O) groups is 2. The minimum Gasteiger partial charge on any atom is -0.481 e. The number of hydrogen-bond donors (Lipinski definition) is 1. The van der Waals surface area contributed by atoms with E-state index in [0.717, 1.165) is 10.7 Å². The summed E-state index contributed by atoms with van der Waals surface area (Å²) in [6.45, 7) is 7.99. The van der Waals surface area contributed by atoms with Crippen LogP contribution in [0.4, 0.5) is 4.79 Å². The van der Waals surface area contributed by atoms with E-state index < -0.39 is 23.1 Å². The molecule has 1 aliphatic rings. The number of hydrogen-bond acceptors (Lipinski definition) is 5. The maximum atomic E-state index is 12.3. The average Bonchev–Trinajstić information content (AvgIpc) is 2.82. The van der Waals surface area contributed by atoms with Gasteiger partial charge in [-0.05, 0) is 40.5 Å². The number of aromatic nitrogens is 1. The average molecular weight is 340 g/mol. The normalized spacial score (nSPS) is 22.0. The molecule has 1 aromatic heterocycles. The van der Waals surface area contributed by atoms with Crippen molar-refractivity contribution in [3.8, 4) is 0 Å². The Kier molecular flexibility index (Phi) is 4.98. The number of carbonyl (C=O) groups excluding carboxylic acids is 1. The molecule has 0 radical (unpaired) electrons. The first kappa shape index (κ1) is 17.7. The number of carboxylic acid groups (broad SMARTS) is 1. The lowest BCUT2D eigenvalue weighted by Crippen LogP contribution is -2.52. The fraction of sp³-hybridized carbons (Fsp3) is 0.688. The van der Waals surface area contributed by atoms with Crippen LogP contribution < -0.4 is 0 Å². The highest BCUT2D eigenvalue weighted by molar-refractivity contribution is 7.09. The van der Waals surface area contributed by atoms with Gasteiger partial charge in [0, 0.05) is 30.6 Å². The Hall–Kier alpha value is -1.63. The molecule has 0 aliphatic carbocycles. The van der Waals surface area contributed by atoms with Crippen LogP contribution in [0.15, 0.2) is 5.38 Å². The van der Waals surface area contributed by atoms with E-state index in [1.54, 1.807) is 20.8 Å². The molecule has 1 aliphatic heterocycles. The molecule has 0 saturated carbocycles. The van der Waals surface area contributed by atoms with Crippen molar-refractivity contribution in [2.75, 3.05) is 13.1 Å². The number of carboxylic acids is 1. The molecule has 1 atom stereocenters. The Morgan fingerprint density at radius 2 is 2.17 bits per heavy atom. The predicted molar refractivity (Wildman–Crippen MR) is 87.7 cm³/mol. The van der Waals surface area contributed by atoms with E-state index in [4.69, 9.17) is 4.74 Å². The van der Waals surface area contributed by atoms with Crippen molar-refractivity contribution in [1.29, 1.82) is 0 Å². The van der Waals surface area contributed by atoms with Crippen molar-refractivity contribution in [1.82, 2.24) is 9.88 Å². The van der Waals surface area contributed by atoms with Gasteiger partial charge in [0.25, 0.3) is 0 Å². The summed E-state index contributed by atoms with van der Waals surface area (Å²) in [6.07, 6.45) is 1.09. The molecular weight excluding hydrogens is 316 g/mol. The molecule has 6 nitrogen and oxygen atoms in total. The summed E-state index contributed by atoms with van der Waals surface area (Å²) in [7, 11) is 0. The summed E-state index contributed by atoms with van der Waals surface area (Å²) in [4.78, 5) is 30.1. The summed E-state index contributed by atoms with van der Waals surface area (Å²) >= 11 is 1.47. The summed E-state index contributed by atoms with van der Waals surface area (Å²) in [5, 5.41) is 12.5. The Labute approximate surface area is 140 Å². The monoisotopic (exact) mass is 340 g/mol. The van der Waals surface area contributed by atoms with Crippen molar-refractivity contribution in [3.63, 3.8) is 0 Å². The lowest BCUT2D eigenvalue weighted by Gasteiger charge is -2.39. The van der Waals surface area contributed by atoms with Crippen molar-refractivity contribution < 1.29 is 19.4 Å². The minimum absolute atomic E-state index is 0.163. The second kappa shape index (κ2) is 6.47. The summed E-state index contributed by atoms with van der Waals surface area (Å²) in [5.41, 5.74) is -0.683. The van der Waals surface area contributed by atoms with Crippen molar-refractivity contribution in [2.45, 2.75) is 52.6 Å². The van der Waals surface area contributed by atoms with Gasteiger partial charge in [0.1, 0.15) is 5.60 Å². The van der Waals surface area contributed by atoms with E-state index in [2.05, 4.69) is 4.98 Å². The summed E-state index contributed by atoms with van der Waals surface area (Å²) < 4.78 is 5.39. The van der Waals surface area contributed by atoms with E-state index >= 15 is 0 Å². The van der Waals surface area contributed by atoms with Crippen LogP contribution in [0.3, 0.4) is 0 Å². The number of amides is 1. The van der Waals surface area contributed by atoms with Gasteiger partial charge in [-0.25, -0.2) is 9.78 Å². The van der Waals surface area contributed by atoms with E-state index in [9.17, 15) is 14.7 Å². The molecule has 1 N–H and O–H groups in total. The molecule has 1 saturated heterocycles. The number of thiazole rings is 1. The van der Waals surface area contributed by atoms with Gasteiger partial charge in [-0.1, -0.05) is 0 Å². The highest BCUT2D eigenvalue weighted by atomic mass is 32.1. The van der Waals surface area contributed by atoms with E-state index in [1.165, 1.54) is 16.2 Å². The van der Waals surface area contributed by atoms with Gasteiger partial charge < -0.3 is 14.7 Å². The molecule has 0 aromatic carbocycles. The third kappa shape index (κ3) is 4.43. The van der Waals surface area contributed by atoms with Crippen LogP contribution in [0.25, 0.3) is 0 Å². The smallest absolute Gasteiger partial charge is 0.410 e. The van der Waals surface area contributed by atoms with Crippen LogP contribution in [0.1, 0.15) is 44.3 Å². The molecule has 1 aromatic rings.